The smallest absolute Gasteiger partial charge is 0.319 e. The van der Waals surface area contributed by atoms with Crippen LogP contribution < -0.4 is 20.7 Å². The Morgan fingerprint density at radius 2 is 2.07 bits per heavy atom. The zero-order valence-electron chi connectivity index (χ0n) is 15.3. The molecule has 1 atom stereocenters. The van der Waals surface area contributed by atoms with Crippen LogP contribution in [0.25, 0.3) is 0 Å². The van der Waals surface area contributed by atoms with Gasteiger partial charge in [0.05, 0.1) is 31.0 Å². The Balaban J connectivity index is 1.92. The standard InChI is InChI=1S/C19H21N3O4S/c1-11-16(18(23)21-13-6-4-5-7-14(13)26-3)17(22-19(24)20-11)15-8-12(9-25-2)10-27-15/h4-8,10,17H,9H2,1-3H3,(H,21,23)(H2,20,22,24). The van der Waals surface area contributed by atoms with Crippen molar-refractivity contribution in [3.63, 3.8) is 0 Å². The van der Waals surface area contributed by atoms with Crippen LogP contribution in [-0.2, 0) is 16.1 Å². The van der Waals surface area contributed by atoms with E-state index in [1.54, 1.807) is 33.3 Å². The molecule has 8 heteroatoms. The van der Waals surface area contributed by atoms with Crippen molar-refractivity contribution in [1.82, 2.24) is 10.6 Å². The van der Waals surface area contributed by atoms with Gasteiger partial charge in [-0.25, -0.2) is 4.79 Å². The number of thiophene rings is 1. The molecule has 1 unspecified atom stereocenters. The van der Waals surface area contributed by atoms with Gasteiger partial charge < -0.3 is 25.4 Å². The van der Waals surface area contributed by atoms with Crippen LogP contribution in [0.15, 0.2) is 47.0 Å². The summed E-state index contributed by atoms with van der Waals surface area (Å²) in [6.45, 7) is 2.19. The van der Waals surface area contributed by atoms with E-state index in [1.807, 2.05) is 23.6 Å². The second-order valence-electron chi connectivity index (χ2n) is 6.01. The molecular weight excluding hydrogens is 366 g/mol. The van der Waals surface area contributed by atoms with E-state index in [1.165, 1.54) is 11.3 Å². The lowest BCUT2D eigenvalue weighted by Gasteiger charge is -2.27. The van der Waals surface area contributed by atoms with E-state index in [-0.39, 0.29) is 11.9 Å². The summed E-state index contributed by atoms with van der Waals surface area (Å²) >= 11 is 1.47. The minimum atomic E-state index is -0.538. The number of urea groups is 1. The van der Waals surface area contributed by atoms with Crippen molar-refractivity contribution in [3.8, 4) is 5.75 Å². The molecule has 2 heterocycles. The van der Waals surface area contributed by atoms with E-state index in [0.717, 1.165) is 10.4 Å². The van der Waals surface area contributed by atoms with Gasteiger partial charge >= 0.3 is 6.03 Å². The zero-order chi connectivity index (χ0) is 19.4. The van der Waals surface area contributed by atoms with E-state index in [9.17, 15) is 9.59 Å². The molecule has 0 bridgehead atoms. The number of carbonyl (C=O) groups is 2. The highest BCUT2D eigenvalue weighted by atomic mass is 32.1. The summed E-state index contributed by atoms with van der Waals surface area (Å²) in [6.07, 6.45) is 0. The van der Waals surface area contributed by atoms with Crippen LogP contribution in [-0.4, -0.2) is 26.2 Å². The lowest BCUT2D eigenvalue weighted by Crippen LogP contribution is -2.45. The van der Waals surface area contributed by atoms with Gasteiger partial charge in [0.1, 0.15) is 5.75 Å². The summed E-state index contributed by atoms with van der Waals surface area (Å²) in [5.41, 5.74) is 2.52. The molecule has 0 saturated carbocycles. The summed E-state index contributed by atoms with van der Waals surface area (Å²) in [6, 6.07) is 8.23. The van der Waals surface area contributed by atoms with Crippen molar-refractivity contribution < 1.29 is 19.1 Å². The first-order valence-electron chi connectivity index (χ1n) is 8.32. The maximum Gasteiger partial charge on any atom is 0.319 e. The van der Waals surface area contributed by atoms with Gasteiger partial charge in [-0.15, -0.1) is 11.3 Å². The molecule has 7 nitrogen and oxygen atoms in total. The highest BCUT2D eigenvalue weighted by Gasteiger charge is 2.32. The second kappa shape index (κ2) is 8.24. The van der Waals surface area contributed by atoms with Gasteiger partial charge in [-0.1, -0.05) is 12.1 Å². The van der Waals surface area contributed by atoms with Gasteiger partial charge in [-0.05, 0) is 36.1 Å². The minimum Gasteiger partial charge on any atom is -0.495 e. The molecule has 1 aromatic carbocycles. The quantitative estimate of drug-likeness (QED) is 0.710. The van der Waals surface area contributed by atoms with Gasteiger partial charge in [0.15, 0.2) is 0 Å². The minimum absolute atomic E-state index is 0.309. The third-order valence-electron chi connectivity index (χ3n) is 4.14. The summed E-state index contributed by atoms with van der Waals surface area (Å²) in [4.78, 5) is 25.9. The molecule has 3 N–H and O–H groups in total. The molecule has 0 saturated heterocycles. The first-order chi connectivity index (χ1) is 13.0. The number of ether oxygens (including phenoxy) is 2. The van der Waals surface area contributed by atoms with Crippen molar-refractivity contribution in [2.75, 3.05) is 19.5 Å². The molecule has 0 radical (unpaired) electrons. The Hall–Kier alpha value is -2.84. The predicted octanol–water partition coefficient (Wildman–Crippen LogP) is 3.17. The molecule has 1 aliphatic rings. The van der Waals surface area contributed by atoms with Crippen LogP contribution in [0.2, 0.25) is 0 Å². The second-order valence-corrected chi connectivity index (χ2v) is 6.96. The van der Waals surface area contributed by atoms with E-state index >= 15 is 0 Å². The molecule has 2 aromatic rings. The molecule has 0 spiro atoms. The van der Waals surface area contributed by atoms with E-state index in [4.69, 9.17) is 9.47 Å². The number of methoxy groups -OCH3 is 2. The van der Waals surface area contributed by atoms with Crippen LogP contribution in [0.4, 0.5) is 10.5 Å². The average molecular weight is 387 g/mol. The highest BCUT2D eigenvalue weighted by molar-refractivity contribution is 7.10. The van der Waals surface area contributed by atoms with Crippen LogP contribution >= 0.6 is 11.3 Å². The number of nitrogens with one attached hydrogen (secondary N) is 3. The maximum absolute atomic E-state index is 13.0. The van der Waals surface area contributed by atoms with Gasteiger partial charge in [0.25, 0.3) is 5.91 Å². The Kier molecular flexibility index (Phi) is 5.78. The topological polar surface area (TPSA) is 88.7 Å². The summed E-state index contributed by atoms with van der Waals surface area (Å²) in [5.74, 6) is 0.253. The largest absolute Gasteiger partial charge is 0.495 e. The fourth-order valence-corrected chi connectivity index (χ4v) is 3.89. The molecular formula is C19H21N3O4S. The lowest BCUT2D eigenvalue weighted by atomic mass is 10.00. The van der Waals surface area contributed by atoms with Crippen LogP contribution in [0, 0.1) is 0 Å². The number of allylic oxidation sites excluding steroid dienone is 1. The number of anilines is 1. The van der Waals surface area contributed by atoms with Crippen molar-refractivity contribution in [2.24, 2.45) is 0 Å². The number of amides is 3. The fourth-order valence-electron chi connectivity index (χ4n) is 2.93. The van der Waals surface area contributed by atoms with Crippen molar-refractivity contribution in [2.45, 2.75) is 19.6 Å². The van der Waals surface area contributed by atoms with E-state index in [2.05, 4.69) is 16.0 Å². The van der Waals surface area contributed by atoms with Crippen molar-refractivity contribution >= 4 is 29.0 Å². The van der Waals surface area contributed by atoms with Crippen molar-refractivity contribution in [1.29, 1.82) is 0 Å². The Bertz CT molecular complexity index is 891. The monoisotopic (exact) mass is 387 g/mol. The lowest BCUT2D eigenvalue weighted by molar-refractivity contribution is -0.113. The molecule has 3 rings (SSSR count). The van der Waals surface area contributed by atoms with Crippen LogP contribution in [0.1, 0.15) is 23.4 Å². The molecule has 1 aromatic heterocycles. The highest BCUT2D eigenvalue weighted by Crippen LogP contribution is 2.33. The number of para-hydroxylation sites is 2. The number of hydrogen-bond acceptors (Lipinski definition) is 5. The number of carbonyl (C=O) groups excluding carboxylic acids is 2. The third-order valence-corrected chi connectivity index (χ3v) is 5.18. The van der Waals surface area contributed by atoms with Crippen LogP contribution in [0.5, 0.6) is 5.75 Å². The SMILES string of the molecule is COCc1csc(C2NC(=O)NC(C)=C2C(=O)Nc2ccccc2OC)c1. The van der Waals surface area contributed by atoms with Gasteiger partial charge in [-0.3, -0.25) is 4.79 Å². The van der Waals surface area contributed by atoms with E-state index < -0.39 is 6.04 Å². The number of hydrogen-bond donors (Lipinski definition) is 3. The summed E-state index contributed by atoms with van der Waals surface area (Å²) < 4.78 is 10.4. The van der Waals surface area contributed by atoms with Crippen molar-refractivity contribution in [3.05, 3.63) is 57.4 Å². The molecule has 142 valence electrons. The Morgan fingerprint density at radius 3 is 2.81 bits per heavy atom. The number of rotatable bonds is 6. The Morgan fingerprint density at radius 1 is 1.30 bits per heavy atom. The van der Waals surface area contributed by atoms with Gasteiger partial charge in [0.2, 0.25) is 0 Å². The van der Waals surface area contributed by atoms with Crippen LogP contribution in [0.3, 0.4) is 0 Å². The first kappa shape index (κ1) is 18.9. The summed E-state index contributed by atoms with van der Waals surface area (Å²) in [7, 11) is 3.17. The molecule has 0 fully saturated rings. The molecule has 3 amide bonds. The molecule has 0 aliphatic carbocycles. The first-order valence-corrected chi connectivity index (χ1v) is 9.20. The molecule has 27 heavy (non-hydrogen) atoms. The summed E-state index contributed by atoms with van der Waals surface area (Å²) in [5, 5.41) is 10.3. The van der Waals surface area contributed by atoms with Gasteiger partial charge in [-0.2, -0.15) is 0 Å². The zero-order valence-corrected chi connectivity index (χ0v) is 16.1. The number of benzene rings is 1. The van der Waals surface area contributed by atoms with E-state index in [0.29, 0.717) is 29.3 Å². The van der Waals surface area contributed by atoms with Gasteiger partial charge in [0, 0.05) is 17.7 Å². The predicted molar refractivity (Wildman–Crippen MR) is 104 cm³/mol. The fraction of sp³-hybridized carbons (Fsp3) is 0.263. The normalized spacial score (nSPS) is 16.6. The maximum atomic E-state index is 13.0. The third kappa shape index (κ3) is 4.12. The molecule has 1 aliphatic heterocycles. The average Bonchev–Trinajstić information content (AvgIpc) is 3.10. The Labute approximate surface area is 161 Å².